The van der Waals surface area contributed by atoms with Crippen LogP contribution < -0.4 is 10.1 Å². The molecule has 0 radical (unpaired) electrons. The van der Waals surface area contributed by atoms with Crippen molar-refractivity contribution in [1.82, 2.24) is 5.32 Å². The zero-order valence-electron chi connectivity index (χ0n) is 13.1. The van der Waals surface area contributed by atoms with E-state index in [9.17, 15) is 0 Å². The molecule has 21 heavy (non-hydrogen) atoms. The summed E-state index contributed by atoms with van der Waals surface area (Å²) in [4.78, 5) is 0. The van der Waals surface area contributed by atoms with E-state index in [-0.39, 0.29) is 6.10 Å². The van der Waals surface area contributed by atoms with Crippen LogP contribution in [-0.4, -0.2) is 38.2 Å². The second-order valence-corrected chi connectivity index (χ2v) is 6.15. The Hall–Kier alpha value is -1.10. The molecule has 2 fully saturated rings. The molecule has 0 amide bonds. The Morgan fingerprint density at radius 1 is 1.19 bits per heavy atom. The van der Waals surface area contributed by atoms with Gasteiger partial charge in [-0.3, -0.25) is 0 Å². The van der Waals surface area contributed by atoms with Crippen LogP contribution in [0.3, 0.4) is 0 Å². The lowest BCUT2D eigenvalue weighted by Gasteiger charge is -2.40. The monoisotopic (exact) mass is 291 g/mol. The third kappa shape index (κ3) is 3.07. The van der Waals surface area contributed by atoms with Gasteiger partial charge >= 0.3 is 0 Å². The van der Waals surface area contributed by atoms with Crippen LogP contribution in [0.15, 0.2) is 18.2 Å². The summed E-state index contributed by atoms with van der Waals surface area (Å²) in [6.45, 7) is 5.62. The second-order valence-electron chi connectivity index (χ2n) is 6.15. The molecule has 1 saturated heterocycles. The Labute approximate surface area is 126 Å². The largest absolute Gasteiger partial charge is 0.489 e. The molecule has 2 unspecified atom stereocenters. The lowest BCUT2D eigenvalue weighted by molar-refractivity contribution is -0.196. The SMILES string of the molecule is CNC1CCC2(CC1Oc1ccc(C)c(C)c1)OCCO2. The topological polar surface area (TPSA) is 39.7 Å². The van der Waals surface area contributed by atoms with Crippen molar-refractivity contribution in [1.29, 1.82) is 0 Å². The minimum absolute atomic E-state index is 0.0731. The van der Waals surface area contributed by atoms with Gasteiger partial charge < -0.3 is 19.5 Å². The first-order valence-electron chi connectivity index (χ1n) is 7.81. The van der Waals surface area contributed by atoms with Crippen LogP contribution in [0, 0.1) is 13.8 Å². The third-order valence-corrected chi connectivity index (χ3v) is 4.75. The summed E-state index contributed by atoms with van der Waals surface area (Å²) >= 11 is 0. The maximum absolute atomic E-state index is 6.26. The average molecular weight is 291 g/mol. The molecule has 1 aromatic carbocycles. The molecule has 1 aliphatic heterocycles. The van der Waals surface area contributed by atoms with Gasteiger partial charge in [-0.2, -0.15) is 0 Å². The highest BCUT2D eigenvalue weighted by Crippen LogP contribution is 2.37. The highest BCUT2D eigenvalue weighted by Gasteiger charge is 2.45. The van der Waals surface area contributed by atoms with Gasteiger partial charge in [-0.1, -0.05) is 6.07 Å². The van der Waals surface area contributed by atoms with Crippen LogP contribution in [0.4, 0.5) is 0 Å². The van der Waals surface area contributed by atoms with Gasteiger partial charge in [-0.05, 0) is 50.6 Å². The van der Waals surface area contributed by atoms with Crippen molar-refractivity contribution in [3.05, 3.63) is 29.3 Å². The fraction of sp³-hybridized carbons (Fsp3) is 0.647. The maximum atomic E-state index is 6.26. The van der Waals surface area contributed by atoms with Crippen molar-refractivity contribution in [2.45, 2.75) is 51.0 Å². The molecule has 1 aromatic rings. The van der Waals surface area contributed by atoms with E-state index in [4.69, 9.17) is 14.2 Å². The molecule has 2 atom stereocenters. The molecule has 2 aliphatic rings. The fourth-order valence-electron chi connectivity index (χ4n) is 3.29. The highest BCUT2D eigenvalue weighted by atomic mass is 16.7. The summed E-state index contributed by atoms with van der Waals surface area (Å²) in [7, 11) is 2.00. The predicted molar refractivity (Wildman–Crippen MR) is 81.7 cm³/mol. The van der Waals surface area contributed by atoms with Gasteiger partial charge in [-0.15, -0.1) is 0 Å². The number of ether oxygens (including phenoxy) is 3. The number of hydrogen-bond acceptors (Lipinski definition) is 4. The minimum Gasteiger partial charge on any atom is -0.489 e. The van der Waals surface area contributed by atoms with Crippen molar-refractivity contribution >= 4 is 0 Å². The Balaban J connectivity index is 1.75. The van der Waals surface area contributed by atoms with Crippen LogP contribution in [0.1, 0.15) is 30.4 Å². The summed E-state index contributed by atoms with van der Waals surface area (Å²) < 4.78 is 18.0. The standard InChI is InChI=1S/C17H25NO3/c1-12-4-5-14(10-13(12)2)21-16-11-17(19-8-9-20-17)7-6-15(16)18-3/h4-5,10,15-16,18H,6-9,11H2,1-3H3. The molecule has 1 heterocycles. The number of nitrogens with one attached hydrogen (secondary N) is 1. The van der Waals surface area contributed by atoms with Crippen LogP contribution >= 0.6 is 0 Å². The van der Waals surface area contributed by atoms with E-state index in [2.05, 4.69) is 31.3 Å². The number of benzene rings is 1. The van der Waals surface area contributed by atoms with E-state index >= 15 is 0 Å². The summed E-state index contributed by atoms with van der Waals surface area (Å²) in [5.41, 5.74) is 2.54. The molecule has 4 nitrogen and oxygen atoms in total. The first-order chi connectivity index (χ1) is 10.1. The fourth-order valence-corrected chi connectivity index (χ4v) is 3.29. The van der Waals surface area contributed by atoms with Crippen molar-refractivity contribution in [2.75, 3.05) is 20.3 Å². The Morgan fingerprint density at radius 3 is 2.62 bits per heavy atom. The number of rotatable bonds is 3. The van der Waals surface area contributed by atoms with Crippen molar-refractivity contribution in [3.8, 4) is 5.75 Å². The molecule has 3 rings (SSSR count). The van der Waals surface area contributed by atoms with Crippen LogP contribution in [-0.2, 0) is 9.47 Å². The highest BCUT2D eigenvalue weighted by molar-refractivity contribution is 5.34. The Morgan fingerprint density at radius 2 is 1.95 bits per heavy atom. The molecule has 1 N–H and O–H groups in total. The smallest absolute Gasteiger partial charge is 0.172 e. The van der Waals surface area contributed by atoms with E-state index < -0.39 is 5.79 Å². The molecule has 116 valence electrons. The first-order valence-corrected chi connectivity index (χ1v) is 7.81. The molecule has 0 bridgehead atoms. The average Bonchev–Trinajstić information content (AvgIpc) is 2.91. The van der Waals surface area contributed by atoms with Crippen LogP contribution in [0.5, 0.6) is 5.75 Å². The van der Waals surface area contributed by atoms with Crippen LogP contribution in [0.2, 0.25) is 0 Å². The Bertz CT molecular complexity index is 497. The predicted octanol–water partition coefficient (Wildman–Crippen LogP) is 2.57. The van der Waals surface area contributed by atoms with E-state index in [1.807, 2.05) is 13.1 Å². The van der Waals surface area contributed by atoms with E-state index in [0.29, 0.717) is 19.3 Å². The Kier molecular flexibility index (Phi) is 4.20. The summed E-state index contributed by atoms with van der Waals surface area (Å²) in [5, 5.41) is 3.37. The van der Waals surface area contributed by atoms with Gasteiger partial charge in [0, 0.05) is 18.9 Å². The van der Waals surface area contributed by atoms with Gasteiger partial charge in [0.1, 0.15) is 11.9 Å². The molecule has 1 aliphatic carbocycles. The molecular weight excluding hydrogens is 266 g/mol. The van der Waals surface area contributed by atoms with Crippen molar-refractivity contribution in [3.63, 3.8) is 0 Å². The summed E-state index contributed by atoms with van der Waals surface area (Å²) in [6.07, 6.45) is 2.80. The summed E-state index contributed by atoms with van der Waals surface area (Å²) in [5.74, 6) is 0.510. The quantitative estimate of drug-likeness (QED) is 0.929. The molecule has 0 aromatic heterocycles. The zero-order chi connectivity index (χ0) is 14.9. The summed E-state index contributed by atoms with van der Waals surface area (Å²) in [6, 6.07) is 6.61. The van der Waals surface area contributed by atoms with Gasteiger partial charge in [0.05, 0.1) is 13.2 Å². The van der Waals surface area contributed by atoms with E-state index in [1.165, 1.54) is 11.1 Å². The van der Waals surface area contributed by atoms with Gasteiger partial charge in [0.25, 0.3) is 0 Å². The molecule has 1 spiro atoms. The first kappa shape index (κ1) is 14.8. The lowest BCUT2D eigenvalue weighted by atomic mass is 9.87. The van der Waals surface area contributed by atoms with Gasteiger partial charge in [0.15, 0.2) is 5.79 Å². The third-order valence-electron chi connectivity index (χ3n) is 4.75. The zero-order valence-corrected chi connectivity index (χ0v) is 13.1. The van der Waals surface area contributed by atoms with Crippen molar-refractivity contribution in [2.24, 2.45) is 0 Å². The normalized spacial score (nSPS) is 28.0. The van der Waals surface area contributed by atoms with Crippen molar-refractivity contribution < 1.29 is 14.2 Å². The molecule has 4 heteroatoms. The van der Waals surface area contributed by atoms with Gasteiger partial charge in [0.2, 0.25) is 0 Å². The van der Waals surface area contributed by atoms with Crippen LogP contribution in [0.25, 0.3) is 0 Å². The number of likely N-dealkylation sites (N-methyl/N-ethyl adjacent to an activating group) is 1. The molecular formula is C17H25NO3. The molecule has 1 saturated carbocycles. The number of hydrogen-bond donors (Lipinski definition) is 1. The number of aryl methyl sites for hydroxylation is 2. The lowest BCUT2D eigenvalue weighted by Crippen LogP contribution is -2.52. The second kappa shape index (κ2) is 5.95. The minimum atomic E-state index is -0.419. The maximum Gasteiger partial charge on any atom is 0.172 e. The van der Waals surface area contributed by atoms with E-state index in [1.54, 1.807) is 0 Å². The van der Waals surface area contributed by atoms with E-state index in [0.717, 1.165) is 25.0 Å². The van der Waals surface area contributed by atoms with Gasteiger partial charge in [-0.25, -0.2) is 0 Å².